The Bertz CT molecular complexity index is 840. The molecule has 3 unspecified atom stereocenters. The van der Waals surface area contributed by atoms with Crippen molar-refractivity contribution in [3.63, 3.8) is 0 Å². The summed E-state index contributed by atoms with van der Waals surface area (Å²) >= 11 is 0. The molecule has 2 bridgehead atoms. The molecule has 4 atom stereocenters. The number of hydrogen-bond acceptors (Lipinski definition) is 3. The topological polar surface area (TPSA) is 35.5 Å². The maximum absolute atomic E-state index is 14.5. The van der Waals surface area contributed by atoms with Crippen molar-refractivity contribution in [1.82, 2.24) is 0 Å². The molecule has 27 heavy (non-hydrogen) atoms. The van der Waals surface area contributed by atoms with Gasteiger partial charge in [0.2, 0.25) is 0 Å². The molecule has 3 saturated carbocycles. The van der Waals surface area contributed by atoms with Crippen LogP contribution in [0.4, 0.5) is 13.2 Å². The van der Waals surface area contributed by atoms with Gasteiger partial charge < -0.3 is 9.31 Å². The van der Waals surface area contributed by atoms with Crippen molar-refractivity contribution in [3.8, 4) is 0 Å². The zero-order chi connectivity index (χ0) is 19.9. The Balaban J connectivity index is 1.64. The molecule has 146 valence electrons. The third-order valence-electron chi connectivity index (χ3n) is 7.42. The molecule has 1 saturated heterocycles. The van der Waals surface area contributed by atoms with Crippen LogP contribution in [0.25, 0.3) is 0 Å². The van der Waals surface area contributed by atoms with E-state index in [1.165, 1.54) is 6.92 Å². The molecule has 0 aromatic heterocycles. The van der Waals surface area contributed by atoms with Crippen molar-refractivity contribution in [1.29, 1.82) is 0 Å². The Morgan fingerprint density at radius 3 is 2.41 bits per heavy atom. The third kappa shape index (κ3) is 2.47. The number of rotatable bonds is 3. The first kappa shape index (κ1) is 19.0. The first-order chi connectivity index (χ1) is 12.5. The maximum Gasteiger partial charge on any atom is 0.462 e. The van der Waals surface area contributed by atoms with Gasteiger partial charge in [0.05, 0.1) is 17.3 Å². The molecule has 4 aliphatic rings. The van der Waals surface area contributed by atoms with E-state index in [2.05, 4.69) is 13.8 Å². The molecule has 0 radical (unpaired) electrons. The number of carbonyl (C=O) groups is 1. The minimum atomic E-state index is -1.62. The third-order valence-corrected chi connectivity index (χ3v) is 7.42. The lowest BCUT2D eigenvalue weighted by molar-refractivity contribution is -0.199. The van der Waals surface area contributed by atoms with Crippen molar-refractivity contribution in [2.45, 2.75) is 65.5 Å². The molecule has 7 heteroatoms. The van der Waals surface area contributed by atoms with Crippen LogP contribution in [0.15, 0.2) is 0 Å². The monoisotopic (exact) mass is 380 g/mol. The number of ketones is 1. The molecular weight excluding hydrogens is 356 g/mol. The zero-order valence-electron chi connectivity index (χ0n) is 16.3. The second kappa shape index (κ2) is 5.83. The lowest BCUT2D eigenvalue weighted by atomic mass is 9.43. The van der Waals surface area contributed by atoms with Gasteiger partial charge in [0.1, 0.15) is 0 Å². The van der Waals surface area contributed by atoms with Crippen LogP contribution in [0.1, 0.15) is 62.0 Å². The summed E-state index contributed by atoms with van der Waals surface area (Å²) in [6.07, 6.45) is 1.83. The summed E-state index contributed by atoms with van der Waals surface area (Å²) in [7, 11) is -0.743. The Hall–Kier alpha value is -1.34. The van der Waals surface area contributed by atoms with Crippen LogP contribution < -0.4 is 0 Å². The Morgan fingerprint density at radius 2 is 1.81 bits per heavy atom. The van der Waals surface area contributed by atoms with Crippen molar-refractivity contribution in [2.24, 2.45) is 17.3 Å². The largest absolute Gasteiger partial charge is 0.462 e. The molecule has 4 fully saturated rings. The van der Waals surface area contributed by atoms with Crippen LogP contribution >= 0.6 is 0 Å². The highest BCUT2D eigenvalue weighted by Crippen LogP contribution is 2.65. The van der Waals surface area contributed by atoms with Crippen LogP contribution in [0.3, 0.4) is 0 Å². The number of Topliss-reactive ketones (excluding diaryl/α,β-unsaturated/α-hetero) is 1. The molecule has 0 spiro atoms. The van der Waals surface area contributed by atoms with Crippen LogP contribution in [0.2, 0.25) is 0 Å². The summed E-state index contributed by atoms with van der Waals surface area (Å²) in [6, 6.07) is 0. The van der Waals surface area contributed by atoms with E-state index in [9.17, 15) is 18.0 Å². The molecule has 3 aliphatic carbocycles. The lowest BCUT2D eigenvalue weighted by Gasteiger charge is -2.64. The average molecular weight is 380 g/mol. The first-order valence-corrected chi connectivity index (χ1v) is 9.48. The van der Waals surface area contributed by atoms with Crippen LogP contribution in [-0.4, -0.2) is 24.6 Å². The highest BCUT2D eigenvalue weighted by atomic mass is 19.2. The number of benzene rings is 1. The summed E-state index contributed by atoms with van der Waals surface area (Å²) in [5, 5.41) is 0. The van der Waals surface area contributed by atoms with E-state index in [1.54, 1.807) is 0 Å². The van der Waals surface area contributed by atoms with E-state index in [0.29, 0.717) is 11.8 Å². The van der Waals surface area contributed by atoms with Crippen molar-refractivity contribution >= 4 is 12.9 Å². The van der Waals surface area contributed by atoms with Crippen LogP contribution in [-0.2, 0) is 15.6 Å². The molecule has 1 aromatic carbocycles. The highest BCUT2D eigenvalue weighted by molar-refractivity contribution is 6.45. The standard InChI is InChI=1S/C20H24BF3O3/c1-9-12(16(22)18(24)17(23)15(9)10(2)25)8-21-26-14-7-11-6-13(19(11,3)4)20(14,5)27-21/h11,13-14H,6-8H2,1-5H3/t11?,13?,14?,20-/m0/s1. The maximum atomic E-state index is 14.5. The molecular formula is C20H24BF3O3. The fraction of sp³-hybridized carbons (Fsp3) is 0.650. The molecule has 3 nitrogen and oxygen atoms in total. The fourth-order valence-corrected chi connectivity index (χ4v) is 5.68. The molecule has 1 aliphatic heterocycles. The number of hydrogen-bond donors (Lipinski definition) is 0. The predicted octanol–water partition coefficient (Wildman–Crippen LogP) is 4.42. The summed E-state index contributed by atoms with van der Waals surface area (Å²) < 4.78 is 54.8. The molecule has 5 rings (SSSR count). The summed E-state index contributed by atoms with van der Waals surface area (Å²) in [5.41, 5.74) is -0.647. The van der Waals surface area contributed by atoms with Crippen molar-refractivity contribution in [2.75, 3.05) is 0 Å². The van der Waals surface area contributed by atoms with Gasteiger partial charge in [-0.15, -0.1) is 0 Å². The highest BCUT2D eigenvalue weighted by Gasteiger charge is 2.67. The van der Waals surface area contributed by atoms with E-state index in [1.807, 2.05) is 6.92 Å². The molecule has 1 aromatic rings. The average Bonchev–Trinajstić information content (AvgIpc) is 2.92. The van der Waals surface area contributed by atoms with Crippen molar-refractivity contribution in [3.05, 3.63) is 34.1 Å². The molecule has 0 amide bonds. The molecule has 0 N–H and O–H groups in total. The smallest absolute Gasteiger partial charge is 0.405 e. The van der Waals surface area contributed by atoms with Gasteiger partial charge in [0.15, 0.2) is 23.2 Å². The van der Waals surface area contributed by atoms with E-state index in [4.69, 9.17) is 9.31 Å². The minimum Gasteiger partial charge on any atom is -0.405 e. The van der Waals surface area contributed by atoms with Gasteiger partial charge in [-0.1, -0.05) is 13.8 Å². The Labute approximate surface area is 157 Å². The quantitative estimate of drug-likeness (QED) is 0.442. The van der Waals surface area contributed by atoms with Gasteiger partial charge in [-0.3, -0.25) is 4.79 Å². The Morgan fingerprint density at radius 1 is 1.15 bits per heavy atom. The van der Waals surface area contributed by atoms with Gasteiger partial charge >= 0.3 is 7.12 Å². The lowest BCUT2D eigenvalue weighted by Crippen LogP contribution is -2.65. The Kier molecular flexibility index (Phi) is 4.10. The van der Waals surface area contributed by atoms with Gasteiger partial charge in [-0.2, -0.15) is 0 Å². The van der Waals surface area contributed by atoms with Gasteiger partial charge in [0.25, 0.3) is 0 Å². The minimum absolute atomic E-state index is 0.0565. The van der Waals surface area contributed by atoms with E-state index < -0.39 is 41.5 Å². The van der Waals surface area contributed by atoms with E-state index in [0.717, 1.165) is 19.8 Å². The van der Waals surface area contributed by atoms with E-state index >= 15 is 0 Å². The van der Waals surface area contributed by atoms with Crippen LogP contribution in [0.5, 0.6) is 0 Å². The van der Waals surface area contributed by atoms with Crippen LogP contribution in [0, 0.1) is 41.6 Å². The van der Waals surface area contributed by atoms with Gasteiger partial charge in [-0.25, -0.2) is 13.2 Å². The number of halogens is 3. The van der Waals surface area contributed by atoms with E-state index in [-0.39, 0.29) is 29.0 Å². The SMILES string of the molecule is CC(=O)c1c(C)c(CB2OC3CC4CC(C4(C)C)[C@]3(C)O2)c(F)c(F)c1F. The second-order valence-electron chi connectivity index (χ2n) is 9.08. The van der Waals surface area contributed by atoms with Gasteiger partial charge in [0, 0.05) is 6.32 Å². The first-order valence-electron chi connectivity index (χ1n) is 9.48. The summed E-state index contributed by atoms with van der Waals surface area (Å²) in [6.45, 7) is 9.08. The van der Waals surface area contributed by atoms with Gasteiger partial charge in [-0.05, 0) is 62.0 Å². The summed E-state index contributed by atoms with van der Waals surface area (Å²) in [5.74, 6) is -4.03. The van der Waals surface area contributed by atoms with Crippen molar-refractivity contribution < 1.29 is 27.3 Å². The fourth-order valence-electron chi connectivity index (χ4n) is 5.68. The predicted molar refractivity (Wildman–Crippen MR) is 94.9 cm³/mol. The normalized spacial score (nSPS) is 33.6. The number of carbonyl (C=O) groups excluding carboxylic acids is 1. The zero-order valence-corrected chi connectivity index (χ0v) is 16.3. The molecule has 1 heterocycles. The second-order valence-corrected chi connectivity index (χ2v) is 9.08. The summed E-state index contributed by atoms with van der Waals surface area (Å²) in [4.78, 5) is 11.7.